The molecule has 42 heavy (non-hydrogen) atoms. The van der Waals surface area contributed by atoms with Gasteiger partial charge in [-0.3, -0.25) is 4.79 Å². The molecule has 3 aromatic rings. The highest BCUT2D eigenvalue weighted by Gasteiger charge is 2.05. The Bertz CT molecular complexity index is 1210. The molecule has 3 heteroatoms. The predicted molar refractivity (Wildman–Crippen MR) is 189 cm³/mol. The van der Waals surface area contributed by atoms with E-state index in [1.54, 1.807) is 0 Å². The van der Waals surface area contributed by atoms with Gasteiger partial charge in [-0.1, -0.05) is 117 Å². The van der Waals surface area contributed by atoms with Crippen LogP contribution in [-0.2, 0) is 24.1 Å². The van der Waals surface area contributed by atoms with Crippen molar-refractivity contribution in [3.8, 4) is 11.1 Å². The van der Waals surface area contributed by atoms with Crippen molar-refractivity contribution in [3.05, 3.63) is 119 Å². The van der Waals surface area contributed by atoms with Gasteiger partial charge in [-0.05, 0) is 103 Å². The molecule has 0 heterocycles. The Morgan fingerprint density at radius 2 is 1.55 bits per heavy atom. The second-order valence-corrected chi connectivity index (χ2v) is 12.9. The standard InChI is InChI=1S/C20H30.C19H21ClOS/c1-5-10-19-13-9-14-20(16-19)12-8-7-11-18(6-2)15-17(3)4;1-2-22-13-3-4-19(21)14-15-5-7-16(8-6-15)17-9-11-18(20)12-10-17/h7,9,11,13-14,16,18H,3,5-6,8,10,12,15H2,1-2,4H3;5-12H,2-4,13-14H2,1H3/b11-7+;. The zero-order valence-electron chi connectivity index (χ0n) is 26.3. The van der Waals surface area contributed by atoms with Crippen LogP contribution in [0.2, 0.25) is 5.02 Å². The lowest BCUT2D eigenvalue weighted by Gasteiger charge is -2.09. The molecule has 0 saturated heterocycles. The number of thioether (sulfide) groups is 1. The van der Waals surface area contributed by atoms with Gasteiger partial charge in [-0.15, -0.1) is 6.58 Å². The van der Waals surface area contributed by atoms with Crippen molar-refractivity contribution in [1.82, 2.24) is 0 Å². The van der Waals surface area contributed by atoms with E-state index in [1.165, 1.54) is 36.0 Å². The van der Waals surface area contributed by atoms with Crippen LogP contribution in [0, 0.1) is 5.92 Å². The van der Waals surface area contributed by atoms with Gasteiger partial charge in [0.25, 0.3) is 0 Å². The average Bonchev–Trinajstić information content (AvgIpc) is 2.98. The molecule has 0 N–H and O–H groups in total. The van der Waals surface area contributed by atoms with Gasteiger partial charge < -0.3 is 0 Å². The van der Waals surface area contributed by atoms with Crippen molar-refractivity contribution in [3.63, 3.8) is 0 Å². The highest BCUT2D eigenvalue weighted by Crippen LogP contribution is 2.22. The van der Waals surface area contributed by atoms with Gasteiger partial charge in [0.2, 0.25) is 0 Å². The maximum atomic E-state index is 11.9. The summed E-state index contributed by atoms with van der Waals surface area (Å²) in [4.78, 5) is 11.9. The third kappa shape index (κ3) is 15.1. The quantitative estimate of drug-likeness (QED) is 0.113. The van der Waals surface area contributed by atoms with Crippen molar-refractivity contribution in [2.45, 2.75) is 85.5 Å². The molecule has 0 bridgehead atoms. The summed E-state index contributed by atoms with van der Waals surface area (Å²) in [6, 6.07) is 25.1. The van der Waals surface area contributed by atoms with E-state index in [9.17, 15) is 4.79 Å². The number of ketones is 1. The lowest BCUT2D eigenvalue weighted by Crippen LogP contribution is -2.03. The lowest BCUT2D eigenvalue weighted by atomic mass is 9.97. The third-order valence-electron chi connectivity index (χ3n) is 7.15. The summed E-state index contributed by atoms with van der Waals surface area (Å²) in [5.74, 6) is 3.20. The molecule has 0 spiro atoms. The molecule has 1 atom stereocenters. The van der Waals surface area contributed by atoms with Crippen LogP contribution in [0.15, 0.2) is 97.1 Å². The Kier molecular flexibility index (Phi) is 18.0. The maximum Gasteiger partial charge on any atom is 0.137 e. The van der Waals surface area contributed by atoms with Crippen LogP contribution in [0.25, 0.3) is 11.1 Å². The van der Waals surface area contributed by atoms with E-state index in [-0.39, 0.29) is 0 Å². The lowest BCUT2D eigenvalue weighted by molar-refractivity contribution is -0.118. The molecule has 0 saturated carbocycles. The van der Waals surface area contributed by atoms with Crippen LogP contribution in [0.5, 0.6) is 0 Å². The molecule has 0 fully saturated rings. The third-order valence-corrected chi connectivity index (χ3v) is 8.39. The van der Waals surface area contributed by atoms with Crippen molar-refractivity contribution < 1.29 is 4.79 Å². The Morgan fingerprint density at radius 1 is 0.905 bits per heavy atom. The van der Waals surface area contributed by atoms with E-state index in [1.807, 2.05) is 48.2 Å². The Balaban J connectivity index is 0.000000295. The number of hydrogen-bond donors (Lipinski definition) is 0. The van der Waals surface area contributed by atoms with Gasteiger partial charge in [0.1, 0.15) is 5.78 Å². The topological polar surface area (TPSA) is 17.1 Å². The molecule has 0 aliphatic rings. The van der Waals surface area contributed by atoms with Crippen molar-refractivity contribution in [1.29, 1.82) is 0 Å². The van der Waals surface area contributed by atoms with Gasteiger partial charge in [0.05, 0.1) is 0 Å². The minimum atomic E-state index is 0.330. The maximum absolute atomic E-state index is 11.9. The second-order valence-electron chi connectivity index (χ2n) is 11.1. The number of rotatable bonds is 17. The first-order valence-corrected chi connectivity index (χ1v) is 17.2. The number of hydrogen-bond acceptors (Lipinski definition) is 2. The molecule has 3 rings (SSSR count). The Labute approximate surface area is 265 Å². The molecule has 226 valence electrons. The van der Waals surface area contributed by atoms with Crippen LogP contribution in [0.4, 0.5) is 0 Å². The predicted octanol–water partition coefficient (Wildman–Crippen LogP) is 11.8. The Hall–Kier alpha value is -2.55. The molecule has 0 radical (unpaired) electrons. The van der Waals surface area contributed by atoms with Crippen LogP contribution >= 0.6 is 23.4 Å². The smallest absolute Gasteiger partial charge is 0.137 e. The molecular formula is C39H51ClOS. The summed E-state index contributed by atoms with van der Waals surface area (Å²) in [6.07, 6.45) is 14.0. The molecule has 1 unspecified atom stereocenters. The van der Waals surface area contributed by atoms with Crippen molar-refractivity contribution in [2.24, 2.45) is 5.92 Å². The van der Waals surface area contributed by atoms with E-state index in [2.05, 4.69) is 82.8 Å². The van der Waals surface area contributed by atoms with Crippen molar-refractivity contribution in [2.75, 3.05) is 11.5 Å². The SMILES string of the molecule is C=C(C)CC(/C=C/CCc1cccc(CCC)c1)CC.CCSCCCC(=O)Cc1ccc(-c2ccc(Cl)cc2)cc1. The fraction of sp³-hybridized carbons (Fsp3) is 0.410. The van der Waals surface area contributed by atoms with E-state index in [0.717, 1.165) is 58.9 Å². The number of aryl methyl sites for hydroxylation is 2. The number of halogens is 1. The monoisotopic (exact) mass is 602 g/mol. The summed E-state index contributed by atoms with van der Waals surface area (Å²) in [7, 11) is 0. The number of carbonyl (C=O) groups excluding carboxylic acids is 1. The van der Waals surface area contributed by atoms with Crippen molar-refractivity contribution >= 4 is 29.1 Å². The summed E-state index contributed by atoms with van der Waals surface area (Å²) in [5.41, 5.74) is 7.60. The van der Waals surface area contributed by atoms with E-state index in [4.69, 9.17) is 11.6 Å². The highest BCUT2D eigenvalue weighted by molar-refractivity contribution is 7.99. The summed E-state index contributed by atoms with van der Waals surface area (Å²) >= 11 is 7.80. The normalized spacial score (nSPS) is 11.6. The van der Waals surface area contributed by atoms with E-state index in [0.29, 0.717) is 24.5 Å². The molecule has 3 aromatic carbocycles. The minimum Gasteiger partial charge on any atom is -0.299 e. The van der Waals surface area contributed by atoms with Gasteiger partial charge >= 0.3 is 0 Å². The minimum absolute atomic E-state index is 0.330. The second kappa shape index (κ2) is 21.2. The average molecular weight is 603 g/mol. The molecule has 0 aromatic heterocycles. The summed E-state index contributed by atoms with van der Waals surface area (Å²) in [5, 5.41) is 0.743. The van der Waals surface area contributed by atoms with Crippen LogP contribution in [0.1, 0.15) is 82.9 Å². The van der Waals surface area contributed by atoms with Gasteiger partial charge in [0.15, 0.2) is 0 Å². The van der Waals surface area contributed by atoms with Gasteiger partial charge in [-0.2, -0.15) is 11.8 Å². The molecular weight excluding hydrogens is 552 g/mol. The first kappa shape index (κ1) is 35.6. The largest absolute Gasteiger partial charge is 0.299 e. The van der Waals surface area contributed by atoms with Crippen LogP contribution in [-0.4, -0.2) is 17.3 Å². The van der Waals surface area contributed by atoms with Crippen LogP contribution in [0.3, 0.4) is 0 Å². The fourth-order valence-corrected chi connectivity index (χ4v) is 5.62. The molecule has 0 aliphatic carbocycles. The number of Topliss-reactive ketones (excluding diaryl/α,β-unsaturated/α-hetero) is 1. The van der Waals surface area contributed by atoms with E-state index >= 15 is 0 Å². The summed E-state index contributed by atoms with van der Waals surface area (Å²) < 4.78 is 0. The molecule has 0 aliphatic heterocycles. The molecule has 1 nitrogen and oxygen atoms in total. The zero-order chi connectivity index (χ0) is 30.6. The zero-order valence-corrected chi connectivity index (χ0v) is 27.9. The fourth-order valence-electron chi connectivity index (χ4n) is 4.85. The first-order chi connectivity index (χ1) is 20.3. The van der Waals surface area contributed by atoms with Gasteiger partial charge in [-0.25, -0.2) is 0 Å². The Morgan fingerprint density at radius 3 is 2.14 bits per heavy atom. The molecule has 0 amide bonds. The highest BCUT2D eigenvalue weighted by atomic mass is 35.5. The van der Waals surface area contributed by atoms with Gasteiger partial charge in [0, 0.05) is 17.9 Å². The number of allylic oxidation sites excluding steroid dienone is 3. The number of benzene rings is 3. The summed E-state index contributed by atoms with van der Waals surface area (Å²) in [6.45, 7) is 12.8. The first-order valence-electron chi connectivity index (χ1n) is 15.7. The number of carbonyl (C=O) groups is 1. The van der Waals surface area contributed by atoms with E-state index < -0.39 is 0 Å². The van der Waals surface area contributed by atoms with Crippen LogP contribution < -0.4 is 0 Å².